The third kappa shape index (κ3) is 5.25. The molecule has 1 rings (SSSR count). The number of likely N-dealkylation sites (N-methyl/N-ethyl adjacent to an activating group) is 1. The summed E-state index contributed by atoms with van der Waals surface area (Å²) in [5.74, 6) is 0. The molecule has 0 aromatic heterocycles. The van der Waals surface area contributed by atoms with Gasteiger partial charge >= 0.3 is 0 Å². The highest BCUT2D eigenvalue weighted by Crippen LogP contribution is 2.12. The zero-order valence-electron chi connectivity index (χ0n) is 11.1. The molecular weight excluding hydrogens is 232 g/mol. The fourth-order valence-electron chi connectivity index (χ4n) is 1.84. The normalized spacial score (nSPS) is 11.8. The molecular formula is C13H20N2O3. The number of rotatable bonds is 6. The second-order valence-electron chi connectivity index (χ2n) is 5.22. The molecule has 0 amide bonds. The van der Waals surface area contributed by atoms with Crippen molar-refractivity contribution in [2.75, 3.05) is 20.1 Å². The summed E-state index contributed by atoms with van der Waals surface area (Å²) >= 11 is 0. The molecule has 0 atom stereocenters. The van der Waals surface area contributed by atoms with Gasteiger partial charge in [-0.2, -0.15) is 0 Å². The number of non-ortho nitro benzene ring substituents is 1. The van der Waals surface area contributed by atoms with E-state index in [2.05, 4.69) is 0 Å². The monoisotopic (exact) mass is 252 g/mol. The molecule has 0 aliphatic rings. The van der Waals surface area contributed by atoms with Gasteiger partial charge in [0.15, 0.2) is 0 Å². The summed E-state index contributed by atoms with van der Waals surface area (Å²) < 4.78 is 0. The molecule has 1 N–H and O–H groups in total. The van der Waals surface area contributed by atoms with Gasteiger partial charge < -0.3 is 10.0 Å². The third-order valence-electron chi connectivity index (χ3n) is 2.59. The molecule has 1 aromatic carbocycles. The van der Waals surface area contributed by atoms with Gasteiger partial charge in [-0.05, 0) is 32.9 Å². The molecule has 0 radical (unpaired) electrons. The lowest BCUT2D eigenvalue weighted by atomic mass is 10.1. The second kappa shape index (κ2) is 5.93. The van der Waals surface area contributed by atoms with Crippen LogP contribution < -0.4 is 0 Å². The summed E-state index contributed by atoms with van der Waals surface area (Å²) in [6.07, 6.45) is 0.810. The van der Waals surface area contributed by atoms with Crippen LogP contribution in [0.2, 0.25) is 0 Å². The predicted octanol–water partition coefficient (Wildman–Crippen LogP) is 1.84. The van der Waals surface area contributed by atoms with Gasteiger partial charge in [-0.1, -0.05) is 12.1 Å². The van der Waals surface area contributed by atoms with E-state index in [1.807, 2.05) is 11.9 Å². The second-order valence-corrected chi connectivity index (χ2v) is 5.22. The van der Waals surface area contributed by atoms with Crippen molar-refractivity contribution < 1.29 is 10.0 Å². The molecule has 5 heteroatoms. The lowest BCUT2D eigenvalue weighted by Gasteiger charge is -2.25. The minimum absolute atomic E-state index is 0.114. The molecule has 100 valence electrons. The van der Waals surface area contributed by atoms with Crippen LogP contribution in [-0.4, -0.2) is 40.7 Å². The molecule has 0 spiro atoms. The molecule has 0 unspecified atom stereocenters. The van der Waals surface area contributed by atoms with Crippen LogP contribution in [0.25, 0.3) is 0 Å². The fraction of sp³-hybridized carbons (Fsp3) is 0.538. The Hall–Kier alpha value is -1.46. The quantitative estimate of drug-likeness (QED) is 0.619. The largest absolute Gasteiger partial charge is 0.389 e. The maximum absolute atomic E-state index is 10.5. The third-order valence-corrected chi connectivity index (χ3v) is 2.59. The maximum atomic E-state index is 10.5. The number of hydrogen-bond donors (Lipinski definition) is 1. The highest BCUT2D eigenvalue weighted by Gasteiger charge is 2.15. The SMILES string of the molecule is CN(CCc1ccc([N+](=O)[O-])cc1)CC(C)(C)O. The molecule has 1 aromatic rings. The molecule has 0 bridgehead atoms. The van der Waals surface area contributed by atoms with Crippen LogP contribution in [0.1, 0.15) is 19.4 Å². The molecule has 0 saturated carbocycles. The van der Waals surface area contributed by atoms with Crippen molar-refractivity contribution in [2.24, 2.45) is 0 Å². The first-order valence-corrected chi connectivity index (χ1v) is 5.92. The lowest BCUT2D eigenvalue weighted by molar-refractivity contribution is -0.384. The van der Waals surface area contributed by atoms with Crippen molar-refractivity contribution >= 4 is 5.69 Å². The summed E-state index contributed by atoms with van der Waals surface area (Å²) in [6, 6.07) is 6.59. The molecule has 0 saturated heterocycles. The smallest absolute Gasteiger partial charge is 0.269 e. The number of nitro groups is 1. The summed E-state index contributed by atoms with van der Waals surface area (Å²) in [5, 5.41) is 20.2. The zero-order valence-corrected chi connectivity index (χ0v) is 11.1. The van der Waals surface area contributed by atoms with Crippen molar-refractivity contribution in [3.63, 3.8) is 0 Å². The summed E-state index contributed by atoms with van der Waals surface area (Å²) in [7, 11) is 1.95. The van der Waals surface area contributed by atoms with E-state index >= 15 is 0 Å². The van der Waals surface area contributed by atoms with E-state index in [4.69, 9.17) is 0 Å². The summed E-state index contributed by atoms with van der Waals surface area (Å²) in [4.78, 5) is 12.1. The van der Waals surface area contributed by atoms with E-state index in [-0.39, 0.29) is 5.69 Å². The van der Waals surface area contributed by atoms with Crippen LogP contribution in [0.3, 0.4) is 0 Å². The van der Waals surface area contributed by atoms with Crippen molar-refractivity contribution in [1.82, 2.24) is 4.90 Å². The maximum Gasteiger partial charge on any atom is 0.269 e. The van der Waals surface area contributed by atoms with Crippen LogP contribution in [0, 0.1) is 10.1 Å². The Balaban J connectivity index is 2.46. The number of benzene rings is 1. The highest BCUT2D eigenvalue weighted by atomic mass is 16.6. The van der Waals surface area contributed by atoms with Gasteiger partial charge in [-0.15, -0.1) is 0 Å². The molecule has 0 aliphatic heterocycles. The number of hydrogen-bond acceptors (Lipinski definition) is 4. The van der Waals surface area contributed by atoms with Gasteiger partial charge in [-0.25, -0.2) is 0 Å². The Morgan fingerprint density at radius 2 is 1.89 bits per heavy atom. The Morgan fingerprint density at radius 1 is 1.33 bits per heavy atom. The van der Waals surface area contributed by atoms with Crippen LogP contribution in [0.5, 0.6) is 0 Å². The van der Waals surface area contributed by atoms with Crippen LogP contribution in [0.4, 0.5) is 5.69 Å². The minimum atomic E-state index is -0.704. The van der Waals surface area contributed by atoms with Crippen LogP contribution in [-0.2, 0) is 6.42 Å². The Labute approximate surface area is 107 Å². The van der Waals surface area contributed by atoms with Crippen molar-refractivity contribution in [2.45, 2.75) is 25.9 Å². The first-order chi connectivity index (χ1) is 8.28. The molecule has 0 fully saturated rings. The van der Waals surface area contributed by atoms with Gasteiger partial charge in [-0.3, -0.25) is 10.1 Å². The van der Waals surface area contributed by atoms with Gasteiger partial charge in [0.25, 0.3) is 5.69 Å². The van der Waals surface area contributed by atoms with Gasteiger partial charge in [0.1, 0.15) is 0 Å². The molecule has 0 aliphatic carbocycles. The number of nitrogens with zero attached hydrogens (tertiary/aromatic N) is 2. The molecule has 18 heavy (non-hydrogen) atoms. The average Bonchev–Trinajstić information content (AvgIpc) is 2.24. The first-order valence-electron chi connectivity index (χ1n) is 5.92. The van der Waals surface area contributed by atoms with Crippen LogP contribution >= 0.6 is 0 Å². The van der Waals surface area contributed by atoms with E-state index in [1.54, 1.807) is 26.0 Å². The van der Waals surface area contributed by atoms with Gasteiger partial charge in [0.05, 0.1) is 10.5 Å². The zero-order chi connectivity index (χ0) is 13.8. The van der Waals surface area contributed by atoms with Crippen molar-refractivity contribution in [3.8, 4) is 0 Å². The fourth-order valence-corrected chi connectivity index (χ4v) is 1.84. The number of aliphatic hydroxyl groups is 1. The molecule has 5 nitrogen and oxygen atoms in total. The van der Waals surface area contributed by atoms with E-state index < -0.39 is 10.5 Å². The van der Waals surface area contributed by atoms with Gasteiger partial charge in [0, 0.05) is 25.2 Å². The first kappa shape index (κ1) is 14.6. The average molecular weight is 252 g/mol. The van der Waals surface area contributed by atoms with Crippen molar-refractivity contribution in [1.29, 1.82) is 0 Å². The Kier molecular flexibility index (Phi) is 4.81. The highest BCUT2D eigenvalue weighted by molar-refractivity contribution is 5.32. The van der Waals surface area contributed by atoms with E-state index in [0.717, 1.165) is 18.5 Å². The van der Waals surface area contributed by atoms with Gasteiger partial charge in [0.2, 0.25) is 0 Å². The number of nitro benzene ring substituents is 1. The standard InChI is InChI=1S/C13H20N2O3/c1-13(2,16)10-14(3)9-8-11-4-6-12(7-5-11)15(17)18/h4-7,16H,8-10H2,1-3H3. The predicted molar refractivity (Wildman–Crippen MR) is 70.6 cm³/mol. The lowest BCUT2D eigenvalue weighted by Crippen LogP contribution is -2.37. The van der Waals surface area contributed by atoms with Crippen LogP contribution in [0.15, 0.2) is 24.3 Å². The van der Waals surface area contributed by atoms with Crippen molar-refractivity contribution in [3.05, 3.63) is 39.9 Å². The topological polar surface area (TPSA) is 66.6 Å². The summed E-state index contributed by atoms with van der Waals surface area (Å²) in [6.45, 7) is 4.95. The Bertz CT molecular complexity index is 396. The van der Waals surface area contributed by atoms with E-state index in [0.29, 0.717) is 6.54 Å². The molecule has 0 heterocycles. The minimum Gasteiger partial charge on any atom is -0.389 e. The summed E-state index contributed by atoms with van der Waals surface area (Å²) in [5.41, 5.74) is 0.469. The van der Waals surface area contributed by atoms with E-state index in [1.165, 1.54) is 12.1 Å². The van der Waals surface area contributed by atoms with E-state index in [9.17, 15) is 15.2 Å². The Morgan fingerprint density at radius 3 is 2.33 bits per heavy atom.